The monoisotopic (exact) mass is 1740 g/mol. The fourth-order valence-electron chi connectivity index (χ4n) is 15.4. The zero-order valence-electron chi connectivity index (χ0n) is 142. The normalized spacial score (nSPS) is 21.2. The van der Waals surface area contributed by atoms with Gasteiger partial charge in [-0.3, -0.25) is 0 Å². The van der Waals surface area contributed by atoms with Crippen molar-refractivity contribution in [3.05, 3.63) is 506 Å². The number of benzene rings is 20. The molecule has 0 atom stereocenters. The molecule has 2 heterocycles. The lowest BCUT2D eigenvalue weighted by Gasteiger charge is -2.28. The number of fused-ring (bicyclic) bond motifs is 12. The Kier molecular flexibility index (Phi) is 8.05. The molecule has 0 saturated carbocycles. The first-order valence-corrected chi connectivity index (χ1v) is 39.0. The molecule has 130 heavy (non-hydrogen) atoms. The van der Waals surface area contributed by atoms with Gasteiger partial charge >= 0.3 is 0 Å². The van der Waals surface area contributed by atoms with Crippen LogP contribution in [0.4, 0.5) is 34.1 Å². The molecular weight excluding hydrogens is 1570 g/mol. The summed E-state index contributed by atoms with van der Waals surface area (Å²) in [5.41, 5.74) is -36.3. The van der Waals surface area contributed by atoms with Gasteiger partial charge in [0.05, 0.1) is 110 Å². The van der Waals surface area contributed by atoms with Crippen LogP contribution in [0.5, 0.6) is 0 Å². The number of hydrogen-bond acceptors (Lipinski definition) is 2. The van der Waals surface area contributed by atoms with Crippen LogP contribution in [0.25, 0.3) is 166 Å². The Labute approximate surface area is 866 Å². The number of hydrogen-bond donors (Lipinski definition) is 0. The van der Waals surface area contributed by atoms with Crippen LogP contribution in [0.1, 0.15) is 154 Å². The second kappa shape index (κ2) is 32.5. The maximum absolute atomic E-state index is 10.2. The molecule has 0 spiro atoms. The Balaban J connectivity index is 0.000000213. The Bertz CT molecular complexity index is 12500. The van der Waals surface area contributed by atoms with E-state index >= 15 is 0 Å². The largest absolute Gasteiger partial charge is 0.310 e. The van der Waals surface area contributed by atoms with Crippen LogP contribution < -0.4 is 9.80 Å². The second-order valence-corrected chi connectivity index (χ2v) is 28.8. The van der Waals surface area contributed by atoms with Gasteiger partial charge in [0.25, 0.3) is 0 Å². The first-order valence-electron chi connectivity index (χ1n) is 77.0. The minimum Gasteiger partial charge on any atom is -0.310 e. The predicted molar refractivity (Wildman–Crippen MR) is 550 cm³/mol. The minimum atomic E-state index is -4.17. The molecule has 4 heteroatoms. The summed E-state index contributed by atoms with van der Waals surface area (Å²) in [7, 11) is 0. The van der Waals surface area contributed by atoms with Gasteiger partial charge in [-0.15, -0.1) is 0 Å². The van der Waals surface area contributed by atoms with Crippen LogP contribution in [-0.4, -0.2) is 9.13 Å². The van der Waals surface area contributed by atoms with Gasteiger partial charge in [-0.05, 0) is 267 Å². The average molecular weight is 1740 g/mol. The van der Waals surface area contributed by atoms with Gasteiger partial charge in [0.1, 0.15) is 0 Å². The molecule has 2 aromatic heterocycles. The fraction of sp³-hybridized carbons (Fsp3) is 0.0476. The molecule has 0 N–H and O–H groups in total. The van der Waals surface area contributed by atoms with Crippen molar-refractivity contribution in [3.63, 3.8) is 0 Å². The molecule has 20 aromatic carbocycles. The van der Waals surface area contributed by atoms with E-state index in [9.17, 15) is 45.2 Å². The molecule has 0 aliphatic heterocycles. The Morgan fingerprint density at radius 3 is 1.07 bits per heavy atom. The first kappa shape index (κ1) is 32.2. The van der Waals surface area contributed by atoms with Crippen molar-refractivity contribution in [2.45, 2.75) is 38.2 Å². The van der Waals surface area contributed by atoms with Crippen LogP contribution >= 0.6 is 0 Å². The summed E-state index contributed by atoms with van der Waals surface area (Å²) in [6.07, 6.45) is 0. The predicted octanol–water partition coefficient (Wildman–Crippen LogP) is 34.5. The highest BCUT2D eigenvalue weighted by atomic mass is 15.1. The SMILES string of the molecule is [2H]c1c([2H])c([2H])c(-c2c([2H])c([2H])c(-n3c4c([2H])c([2H])c([2H])c([2H])c4c4c([2H])c(-c5c([2H])c([2H])c(N(c6c([2H])c([2H])c(-c7c([2H])c([2H])c([2H])c([2H])c7-c7c([2H])c([2H])c([2H])c([2H])c7[2H])c([2H])c6[2H])c6c([2H])c([2H])c7c(c6[2H])C(C([2H])([2H])[2H])(C([2H])([2H])[2H])c6c([2H])c([2H])c([2H])c([2H])c6-7)c([2H])c5[2H])c([2H])c([2H])c43)c([2H])c2[2H])c([2H])c1[2H].[2H]c1c([2H])c([2H])c(-c2c([2H])c([2H])c([2H])c([2H])c2-c2c([2H])c([2H])c(N(c3c([2H])c([2H])c(-c4ccc5c(c4)c4ccccc4n5-c4ccc(-c5ccccc5)cc4)c([2H])c3[2H])c3c([2H])c([2H])c4c(c3[2H])C(C([2H])([2H])[2H])(C([2H])([2H])[2H])c3c([2H])c([2H])c([2H])c([2H])c3-4)c([2H])c2[2H])c([2H])c1[2H]. The zero-order valence-corrected chi connectivity index (χ0v) is 66.0. The van der Waals surface area contributed by atoms with Crippen molar-refractivity contribution < 1.29 is 104 Å². The minimum absolute atomic E-state index is 0.0179. The van der Waals surface area contributed by atoms with Gasteiger partial charge in [0.2, 0.25) is 0 Å². The molecule has 0 unspecified atom stereocenters. The van der Waals surface area contributed by atoms with Crippen LogP contribution in [0.15, 0.2) is 484 Å². The van der Waals surface area contributed by atoms with E-state index in [-0.39, 0.29) is 10.5 Å². The van der Waals surface area contributed by atoms with Gasteiger partial charge in [0, 0.05) is 94.3 Å². The Hall–Kier alpha value is -16.4. The summed E-state index contributed by atoms with van der Waals surface area (Å²) >= 11 is 0. The molecule has 24 rings (SSSR count). The highest BCUT2D eigenvalue weighted by Crippen LogP contribution is 2.54. The second-order valence-electron chi connectivity index (χ2n) is 28.8. The van der Waals surface area contributed by atoms with Crippen molar-refractivity contribution in [2.75, 3.05) is 9.80 Å². The van der Waals surface area contributed by atoms with Crippen molar-refractivity contribution in [1.29, 1.82) is 0 Å². The molecule has 2 aliphatic carbocycles. The van der Waals surface area contributed by atoms with Crippen molar-refractivity contribution >= 4 is 77.7 Å². The summed E-state index contributed by atoms with van der Waals surface area (Å²) in [4.78, 5) is 0.320. The van der Waals surface area contributed by atoms with Crippen molar-refractivity contribution in [1.82, 2.24) is 9.13 Å². The van der Waals surface area contributed by atoms with Gasteiger partial charge in [-0.25, -0.2) is 0 Å². The summed E-state index contributed by atoms with van der Waals surface area (Å²) in [6, 6.07) is -47.4. The molecule has 2 aliphatic rings. The van der Waals surface area contributed by atoms with Crippen molar-refractivity contribution in [2.24, 2.45) is 0 Å². The Morgan fingerprint density at radius 2 is 0.554 bits per heavy atom. The average Bonchev–Trinajstić information content (AvgIpc) is 1.49. The van der Waals surface area contributed by atoms with Crippen LogP contribution in [0.3, 0.4) is 0 Å². The third kappa shape index (κ3) is 13.9. The molecule has 22 aromatic rings. The molecule has 0 bridgehead atoms. The van der Waals surface area contributed by atoms with Crippen LogP contribution in [-0.2, 0) is 10.8 Å². The summed E-state index contributed by atoms with van der Waals surface area (Å²) in [6.45, 7) is -16.3. The lowest BCUT2D eigenvalue weighted by molar-refractivity contribution is 0.660. The molecule has 0 saturated heterocycles. The topological polar surface area (TPSA) is 16.3 Å². The highest BCUT2D eigenvalue weighted by Gasteiger charge is 2.38. The lowest BCUT2D eigenvalue weighted by atomic mass is 9.82. The molecule has 616 valence electrons. The van der Waals surface area contributed by atoms with Gasteiger partial charge in [-0.1, -0.05) is 378 Å². The summed E-state index contributed by atoms with van der Waals surface area (Å²) in [5.74, 6) is 0. The van der Waals surface area contributed by atoms with Gasteiger partial charge < -0.3 is 18.9 Å². The number of aromatic nitrogens is 2. The van der Waals surface area contributed by atoms with E-state index in [0.29, 0.717) is 25.8 Å². The number of rotatable bonds is 16. The van der Waals surface area contributed by atoms with Gasteiger partial charge in [0.15, 0.2) is 0 Å². The maximum atomic E-state index is 10.2. The van der Waals surface area contributed by atoms with Gasteiger partial charge in [-0.2, -0.15) is 0 Å². The standard InChI is InChI=1S/2C63H46N2/c2*1-63(2)59-23-13-11-21-55(59)56-39-38-52(42-60(56)63)64(50-36-29-47(30-37-50)54-20-10-9-19-53(54)46-17-7-4-8-18-46)49-32-27-45(28-33-49)48-31-40-62-58(41-48)57-22-12-14-24-61(57)65(62)51-34-25-44(26-35-51)43-15-5-3-6-16-43/h2*3-42H,1-2H3/i1D3,2D3,3D,4D,5D,6D,7D,8D,9D,10D,11D,12D,13D,14D,15D,16D,17D,18D,19D,20D,21D,22D,23D,24D,25D,26D,27D,28D,29D,30D,31D,32D,33D,34D,35D,36D,37D,38D,39D,40D,41D,42D;1D3,2D3,4D,7D,8D,9D,10D,11D,13D,17D,18D,19D,20D,21D,23D,27D,28D,29D,30D,32D,33D,36D,37D,38D,39D,42D. The van der Waals surface area contributed by atoms with E-state index in [1.807, 2.05) is 77.4 Å². The van der Waals surface area contributed by atoms with E-state index in [1.165, 1.54) is 6.07 Å². The maximum Gasteiger partial charge on any atom is 0.0648 e. The molecular formula is C126H92N4. The van der Waals surface area contributed by atoms with Crippen LogP contribution in [0, 0.1) is 0 Å². The van der Waals surface area contributed by atoms with E-state index in [4.69, 9.17) is 58.9 Å². The zero-order chi connectivity index (χ0) is 153. The van der Waals surface area contributed by atoms with Crippen LogP contribution in [0.2, 0.25) is 0 Å². The third-order valence-corrected chi connectivity index (χ3v) is 21.3. The molecule has 0 radical (unpaired) electrons. The van der Waals surface area contributed by atoms with E-state index in [1.54, 1.807) is 18.2 Å². The first-order chi connectivity index (χ1) is 95.7. The quantitative estimate of drug-likeness (QED) is 0.0959. The van der Waals surface area contributed by atoms with E-state index in [0.717, 1.165) is 22.3 Å². The lowest BCUT2D eigenvalue weighted by Crippen LogP contribution is -2.16. The van der Waals surface area contributed by atoms with E-state index < -0.39 is 603 Å². The molecule has 0 amide bonds. The summed E-state index contributed by atoms with van der Waals surface area (Å²) in [5, 5.41) is -0.421. The fourth-order valence-corrected chi connectivity index (χ4v) is 15.4. The highest BCUT2D eigenvalue weighted by molar-refractivity contribution is 6.12. The number of para-hydroxylation sites is 2. The number of anilines is 6. The number of nitrogens with zero attached hydrogens (tertiary/aromatic N) is 4. The smallest absolute Gasteiger partial charge is 0.0648 e. The van der Waals surface area contributed by atoms with Crippen molar-refractivity contribution in [3.8, 4) is 123 Å². The third-order valence-electron chi connectivity index (χ3n) is 21.3. The Morgan fingerprint density at radius 1 is 0.200 bits per heavy atom. The summed E-state index contributed by atoms with van der Waals surface area (Å²) < 4.78 is 701. The molecule has 0 fully saturated rings. The van der Waals surface area contributed by atoms with E-state index in [2.05, 4.69) is 0 Å². The molecule has 4 nitrogen and oxygen atoms in total.